The molecule has 38 heavy (non-hydrogen) atoms. The molecular weight excluding hydrogens is 483 g/mol. The van der Waals surface area contributed by atoms with Crippen molar-refractivity contribution in [1.29, 1.82) is 0 Å². The average Bonchev–Trinajstić information content (AvgIpc) is 3.29. The van der Waals surface area contributed by atoms with Crippen molar-refractivity contribution in [3.63, 3.8) is 0 Å². The molecule has 0 aliphatic heterocycles. The number of aliphatic carboxylic acids is 1. The largest absolute Gasteiger partial charge is 0.496 e. The van der Waals surface area contributed by atoms with Crippen LogP contribution in [-0.2, 0) is 11.3 Å². The van der Waals surface area contributed by atoms with Gasteiger partial charge in [-0.05, 0) is 66.5 Å². The summed E-state index contributed by atoms with van der Waals surface area (Å²) in [5.41, 5.74) is 2.97. The van der Waals surface area contributed by atoms with Gasteiger partial charge in [0.05, 0.1) is 34.7 Å². The Bertz CT molecular complexity index is 1640. The number of amides is 1. The van der Waals surface area contributed by atoms with Gasteiger partial charge in [0.25, 0.3) is 5.91 Å². The van der Waals surface area contributed by atoms with E-state index in [1.807, 2.05) is 36.4 Å². The monoisotopic (exact) mass is 515 g/mol. The number of benzene rings is 3. The summed E-state index contributed by atoms with van der Waals surface area (Å²) in [7, 11) is -2.68. The van der Waals surface area contributed by atoms with Gasteiger partial charge in [-0.15, -0.1) is 0 Å². The van der Waals surface area contributed by atoms with Crippen molar-refractivity contribution >= 4 is 22.8 Å². The highest BCUT2D eigenvalue weighted by molar-refractivity contribution is 6.06. The van der Waals surface area contributed by atoms with Crippen molar-refractivity contribution in [2.75, 3.05) is 7.04 Å². The molecule has 4 aromatic rings. The van der Waals surface area contributed by atoms with E-state index in [9.17, 15) is 19.1 Å². The van der Waals surface area contributed by atoms with E-state index in [4.69, 9.17) is 8.85 Å². The summed E-state index contributed by atoms with van der Waals surface area (Å²) in [5, 5.41) is 12.5. The molecule has 6 rings (SSSR count). The minimum atomic E-state index is -2.68. The highest BCUT2D eigenvalue weighted by atomic mass is 19.1. The Morgan fingerprint density at radius 2 is 1.87 bits per heavy atom. The Hall–Kier alpha value is -4.13. The minimum absolute atomic E-state index is 0.00438. The van der Waals surface area contributed by atoms with E-state index in [1.165, 1.54) is 12.1 Å². The smallest absolute Gasteiger partial charge is 0.306 e. The number of hydrogen-bond acceptors (Lipinski definition) is 3. The van der Waals surface area contributed by atoms with Crippen molar-refractivity contribution in [1.82, 2.24) is 9.88 Å². The van der Waals surface area contributed by atoms with Crippen LogP contribution in [0, 0.1) is 17.2 Å². The summed E-state index contributed by atoms with van der Waals surface area (Å²) in [5.74, 6) is -1.68. The van der Waals surface area contributed by atoms with Crippen LogP contribution in [0.2, 0.25) is 0 Å². The van der Waals surface area contributed by atoms with Crippen LogP contribution in [0.5, 0.6) is 5.75 Å². The number of hydrogen-bond donors (Lipinski definition) is 2. The number of aromatic nitrogens is 1. The van der Waals surface area contributed by atoms with Gasteiger partial charge in [-0.2, -0.15) is 0 Å². The minimum Gasteiger partial charge on any atom is -0.496 e. The first kappa shape index (κ1) is 20.9. The number of carboxylic acids is 1. The number of nitrogens with zero attached hydrogens (tertiary/aromatic N) is 1. The maximum atomic E-state index is 14.8. The van der Waals surface area contributed by atoms with Gasteiger partial charge in [0.2, 0.25) is 0 Å². The zero-order valence-electron chi connectivity index (χ0n) is 23.6. The maximum Gasteiger partial charge on any atom is 0.306 e. The Balaban J connectivity index is 1.27. The second kappa shape index (κ2) is 9.31. The molecule has 6 nitrogen and oxygen atoms in total. The number of rotatable bonds is 7. The number of ether oxygens (including phenoxy) is 1. The van der Waals surface area contributed by atoms with Gasteiger partial charge in [0.15, 0.2) is 0 Å². The number of fused-ring (bicyclic) bond motifs is 1. The van der Waals surface area contributed by atoms with Crippen molar-refractivity contribution < 1.29 is 27.9 Å². The van der Waals surface area contributed by atoms with Crippen LogP contribution in [0.4, 0.5) is 4.39 Å². The fourth-order valence-corrected chi connectivity index (χ4v) is 6.22. The Morgan fingerprint density at radius 1 is 1.08 bits per heavy atom. The number of methoxy groups -OCH3 is 1. The summed E-state index contributed by atoms with van der Waals surface area (Å²) in [6.45, 7) is 0.150. The molecule has 1 aromatic heterocycles. The Morgan fingerprint density at radius 3 is 2.61 bits per heavy atom. The predicted molar refractivity (Wildman–Crippen MR) is 143 cm³/mol. The molecule has 0 bridgehead atoms. The fourth-order valence-electron chi connectivity index (χ4n) is 6.22. The van der Waals surface area contributed by atoms with Gasteiger partial charge in [0.1, 0.15) is 11.6 Å². The Kier molecular flexibility index (Phi) is 5.12. The number of carbonyl (C=O) groups is 2. The van der Waals surface area contributed by atoms with E-state index in [0.29, 0.717) is 29.5 Å². The van der Waals surface area contributed by atoms with Crippen molar-refractivity contribution in [2.24, 2.45) is 11.3 Å². The lowest BCUT2D eigenvalue weighted by molar-refractivity contribution is -0.155. The fraction of sp³-hybridized carbons (Fsp3) is 0.290. The van der Waals surface area contributed by atoms with Crippen LogP contribution >= 0.6 is 0 Å². The SMILES string of the molecule is [2H]C([2H])([2H])Oc1cc(-c2ccccc2)ccc1Cn1ccc2c(F)ccc(C(=O)NC3CC4(C3)CC(C(=O)O)C4)c21. The molecule has 7 heteroatoms. The van der Waals surface area contributed by atoms with Gasteiger partial charge < -0.3 is 19.7 Å². The van der Waals surface area contributed by atoms with Crippen LogP contribution in [0.25, 0.3) is 22.0 Å². The van der Waals surface area contributed by atoms with Gasteiger partial charge in [-0.25, -0.2) is 4.39 Å². The molecule has 1 amide bonds. The summed E-state index contributed by atoms with van der Waals surface area (Å²) >= 11 is 0. The summed E-state index contributed by atoms with van der Waals surface area (Å²) in [6, 6.07) is 19.1. The number of nitrogens with one attached hydrogen (secondary N) is 1. The first-order valence-electron chi connectivity index (χ1n) is 14.2. The molecule has 194 valence electrons. The topological polar surface area (TPSA) is 80.6 Å². The third-order valence-corrected chi connectivity index (χ3v) is 8.14. The summed E-state index contributed by atoms with van der Waals surface area (Å²) < 4.78 is 45.0. The normalized spacial score (nSPS) is 23.6. The van der Waals surface area contributed by atoms with E-state index in [0.717, 1.165) is 24.0 Å². The third-order valence-electron chi connectivity index (χ3n) is 8.14. The molecule has 3 aromatic carbocycles. The maximum absolute atomic E-state index is 14.8. The van der Waals surface area contributed by atoms with E-state index in [2.05, 4.69) is 5.32 Å². The van der Waals surface area contributed by atoms with Crippen LogP contribution < -0.4 is 10.1 Å². The van der Waals surface area contributed by atoms with Gasteiger partial charge >= 0.3 is 5.97 Å². The lowest BCUT2D eigenvalue weighted by Gasteiger charge is -2.56. The quantitative estimate of drug-likeness (QED) is 0.322. The molecule has 2 N–H and O–H groups in total. The van der Waals surface area contributed by atoms with Gasteiger partial charge in [-0.3, -0.25) is 9.59 Å². The zero-order valence-corrected chi connectivity index (χ0v) is 20.6. The zero-order chi connectivity index (χ0) is 28.9. The molecule has 1 spiro atoms. The van der Waals surface area contributed by atoms with Crippen LogP contribution in [-0.4, -0.2) is 34.6 Å². The van der Waals surface area contributed by atoms with Crippen LogP contribution in [0.3, 0.4) is 0 Å². The van der Waals surface area contributed by atoms with E-state index < -0.39 is 18.8 Å². The van der Waals surface area contributed by atoms with Gasteiger partial charge in [-0.1, -0.05) is 42.5 Å². The first-order chi connectivity index (χ1) is 19.5. The first-order valence-corrected chi connectivity index (χ1v) is 12.7. The highest BCUT2D eigenvalue weighted by Gasteiger charge is 2.55. The number of carbonyl (C=O) groups excluding carboxylic acids is 1. The summed E-state index contributed by atoms with van der Waals surface area (Å²) in [6.07, 6.45) is 4.42. The van der Waals surface area contributed by atoms with Crippen LogP contribution in [0.1, 0.15) is 45.7 Å². The molecule has 2 aliphatic carbocycles. The van der Waals surface area contributed by atoms with Crippen LogP contribution in [0.15, 0.2) is 72.9 Å². The molecule has 0 atom stereocenters. The van der Waals surface area contributed by atoms with E-state index in [-0.39, 0.29) is 41.0 Å². The highest BCUT2D eigenvalue weighted by Crippen LogP contribution is 2.58. The average molecular weight is 516 g/mol. The Labute approximate surface area is 224 Å². The number of carboxylic acid groups (broad SMARTS) is 1. The molecule has 2 aliphatic rings. The standard InChI is InChI=1S/C31H29FN2O4/c1-38-27-13-20(19-5-3-2-4-6-19)7-8-21(27)18-34-12-11-24-26(32)10-9-25(28(24)34)29(35)33-23-16-31(17-23)14-22(15-31)30(36)37/h2-13,22-23H,14-18H2,1H3,(H,33,35)(H,36,37)/i1D3. The third kappa shape index (κ3) is 4.22. The molecule has 2 saturated carbocycles. The predicted octanol–water partition coefficient (Wildman–Crippen LogP) is 5.88. The lowest BCUT2D eigenvalue weighted by atomic mass is 9.50. The number of halogens is 1. The lowest BCUT2D eigenvalue weighted by Crippen LogP contribution is -2.57. The molecular formula is C31H29FN2O4. The molecule has 0 saturated heterocycles. The van der Waals surface area contributed by atoms with Crippen molar-refractivity contribution in [2.45, 2.75) is 38.3 Å². The molecule has 1 heterocycles. The van der Waals surface area contributed by atoms with E-state index in [1.54, 1.807) is 29.0 Å². The van der Waals surface area contributed by atoms with Gasteiger partial charge in [0, 0.05) is 23.2 Å². The molecule has 2 fully saturated rings. The van der Waals surface area contributed by atoms with E-state index >= 15 is 0 Å². The second-order valence-corrected chi connectivity index (χ2v) is 10.6. The molecule has 0 unspecified atom stereocenters. The van der Waals surface area contributed by atoms with Crippen molar-refractivity contribution in [3.05, 3.63) is 89.9 Å². The molecule has 0 radical (unpaired) electrons. The second-order valence-electron chi connectivity index (χ2n) is 10.6. The summed E-state index contributed by atoms with van der Waals surface area (Å²) in [4.78, 5) is 24.6. The van der Waals surface area contributed by atoms with Crippen molar-refractivity contribution in [3.8, 4) is 16.9 Å².